The van der Waals surface area contributed by atoms with Gasteiger partial charge in [-0.05, 0) is 49.4 Å². The van der Waals surface area contributed by atoms with Crippen LogP contribution in [0, 0.1) is 0 Å². The zero-order valence-electron chi connectivity index (χ0n) is 16.1. The number of aliphatic imine (C=N–C) groups is 1. The molecule has 1 unspecified atom stereocenters. The van der Waals surface area contributed by atoms with Crippen LogP contribution in [-0.4, -0.2) is 42.4 Å². The summed E-state index contributed by atoms with van der Waals surface area (Å²) in [5, 5.41) is 11.1. The highest BCUT2D eigenvalue weighted by atomic mass is 15.2. The van der Waals surface area contributed by atoms with Crippen molar-refractivity contribution in [3.05, 3.63) is 47.8 Å². The van der Waals surface area contributed by atoms with Gasteiger partial charge in [0.15, 0.2) is 5.96 Å². The van der Waals surface area contributed by atoms with E-state index in [0.717, 1.165) is 18.9 Å². The van der Waals surface area contributed by atoms with Gasteiger partial charge >= 0.3 is 0 Å². The quantitative estimate of drug-likeness (QED) is 0.618. The van der Waals surface area contributed by atoms with Crippen LogP contribution in [0.25, 0.3) is 0 Å². The van der Waals surface area contributed by atoms with Gasteiger partial charge in [-0.3, -0.25) is 9.67 Å². The largest absolute Gasteiger partial charge is 0.372 e. The topological polar surface area (TPSA) is 57.5 Å². The lowest BCUT2D eigenvalue weighted by Gasteiger charge is -2.22. The lowest BCUT2D eigenvalue weighted by Crippen LogP contribution is -2.39. The van der Waals surface area contributed by atoms with E-state index in [1.54, 1.807) is 0 Å². The fourth-order valence-corrected chi connectivity index (χ4v) is 3.38. The van der Waals surface area contributed by atoms with Crippen LogP contribution in [0.4, 0.5) is 5.69 Å². The molecule has 26 heavy (non-hydrogen) atoms. The van der Waals surface area contributed by atoms with E-state index in [4.69, 9.17) is 0 Å². The van der Waals surface area contributed by atoms with E-state index in [1.807, 2.05) is 31.2 Å². The van der Waals surface area contributed by atoms with Crippen LogP contribution in [0.2, 0.25) is 0 Å². The molecule has 1 fully saturated rings. The van der Waals surface area contributed by atoms with Crippen molar-refractivity contribution < 1.29 is 0 Å². The van der Waals surface area contributed by atoms with Gasteiger partial charge in [-0.2, -0.15) is 5.10 Å². The highest BCUT2D eigenvalue weighted by Crippen LogP contribution is 2.23. The summed E-state index contributed by atoms with van der Waals surface area (Å²) in [6, 6.07) is 9.04. The standard InChI is InChI=1S/C20H30N6/c1-16(18-7-6-8-19(13-18)26-11-4-5-12-26)24-20(21-2)22-10-9-17-14-23-25(3)15-17/h6-8,13-16H,4-5,9-12H2,1-3H3,(H2,21,22,24). The molecule has 1 aliphatic heterocycles. The first-order valence-electron chi connectivity index (χ1n) is 9.45. The molecule has 0 bridgehead atoms. The zero-order chi connectivity index (χ0) is 18.4. The molecule has 2 heterocycles. The van der Waals surface area contributed by atoms with Gasteiger partial charge in [0.25, 0.3) is 0 Å². The van der Waals surface area contributed by atoms with E-state index in [-0.39, 0.29) is 6.04 Å². The molecule has 1 aromatic carbocycles. The minimum atomic E-state index is 0.196. The Labute approximate surface area is 156 Å². The number of hydrogen-bond donors (Lipinski definition) is 2. The highest BCUT2D eigenvalue weighted by Gasteiger charge is 2.14. The Balaban J connectivity index is 1.53. The van der Waals surface area contributed by atoms with Gasteiger partial charge in [0.1, 0.15) is 0 Å². The van der Waals surface area contributed by atoms with Crippen LogP contribution in [0.15, 0.2) is 41.7 Å². The van der Waals surface area contributed by atoms with E-state index in [1.165, 1.54) is 42.7 Å². The fraction of sp³-hybridized carbons (Fsp3) is 0.500. The van der Waals surface area contributed by atoms with E-state index >= 15 is 0 Å². The number of guanidine groups is 1. The second-order valence-electron chi connectivity index (χ2n) is 6.93. The number of hydrogen-bond acceptors (Lipinski definition) is 3. The molecule has 6 heteroatoms. The van der Waals surface area contributed by atoms with Crippen molar-refractivity contribution in [2.75, 3.05) is 31.6 Å². The van der Waals surface area contributed by atoms with Gasteiger partial charge in [-0.15, -0.1) is 0 Å². The van der Waals surface area contributed by atoms with Crippen molar-refractivity contribution >= 4 is 11.6 Å². The van der Waals surface area contributed by atoms with Gasteiger partial charge in [0, 0.05) is 45.6 Å². The summed E-state index contributed by atoms with van der Waals surface area (Å²) < 4.78 is 1.83. The predicted molar refractivity (Wildman–Crippen MR) is 108 cm³/mol. The molecule has 140 valence electrons. The molecular weight excluding hydrogens is 324 g/mol. The molecule has 1 aromatic heterocycles. The minimum Gasteiger partial charge on any atom is -0.372 e. The van der Waals surface area contributed by atoms with Crippen molar-refractivity contribution in [1.82, 2.24) is 20.4 Å². The average Bonchev–Trinajstić information content (AvgIpc) is 3.33. The summed E-state index contributed by atoms with van der Waals surface area (Å²) in [5.41, 5.74) is 3.83. The van der Waals surface area contributed by atoms with Gasteiger partial charge in [0.05, 0.1) is 12.2 Å². The minimum absolute atomic E-state index is 0.196. The summed E-state index contributed by atoms with van der Waals surface area (Å²) in [4.78, 5) is 6.82. The molecule has 0 amide bonds. The molecule has 2 N–H and O–H groups in total. The number of aryl methyl sites for hydroxylation is 1. The Hall–Kier alpha value is -2.50. The van der Waals surface area contributed by atoms with Crippen LogP contribution < -0.4 is 15.5 Å². The maximum absolute atomic E-state index is 4.35. The van der Waals surface area contributed by atoms with E-state index in [2.05, 4.69) is 56.8 Å². The Morgan fingerprint density at radius 3 is 2.81 bits per heavy atom. The lowest BCUT2D eigenvalue weighted by molar-refractivity contribution is 0.684. The van der Waals surface area contributed by atoms with Gasteiger partial charge in [-0.1, -0.05) is 12.1 Å². The SMILES string of the molecule is CN=C(NCCc1cnn(C)c1)NC(C)c1cccc(N2CCCC2)c1. The summed E-state index contributed by atoms with van der Waals surface area (Å²) in [7, 11) is 3.75. The Morgan fingerprint density at radius 2 is 2.12 bits per heavy atom. The zero-order valence-corrected chi connectivity index (χ0v) is 16.1. The summed E-state index contributed by atoms with van der Waals surface area (Å²) in [5.74, 6) is 0.827. The average molecular weight is 355 g/mol. The number of anilines is 1. The number of nitrogens with zero attached hydrogens (tertiary/aromatic N) is 4. The van der Waals surface area contributed by atoms with Crippen LogP contribution in [-0.2, 0) is 13.5 Å². The lowest BCUT2D eigenvalue weighted by atomic mass is 10.1. The molecule has 0 radical (unpaired) electrons. The van der Waals surface area contributed by atoms with Crippen molar-refractivity contribution in [3.8, 4) is 0 Å². The first-order chi connectivity index (χ1) is 12.7. The molecule has 0 aliphatic carbocycles. The highest BCUT2D eigenvalue weighted by molar-refractivity contribution is 5.80. The Bertz CT molecular complexity index is 729. The molecule has 0 saturated carbocycles. The predicted octanol–water partition coefficient (Wildman–Crippen LogP) is 2.49. The molecule has 1 aliphatic rings. The first-order valence-corrected chi connectivity index (χ1v) is 9.45. The Morgan fingerprint density at radius 1 is 1.31 bits per heavy atom. The van der Waals surface area contributed by atoms with Crippen molar-refractivity contribution in [2.24, 2.45) is 12.0 Å². The first kappa shape index (κ1) is 18.3. The number of rotatable bonds is 6. The van der Waals surface area contributed by atoms with Crippen LogP contribution in [0.1, 0.15) is 36.9 Å². The molecule has 3 rings (SSSR count). The van der Waals surface area contributed by atoms with Gasteiger partial charge < -0.3 is 15.5 Å². The third-order valence-electron chi connectivity index (χ3n) is 4.88. The van der Waals surface area contributed by atoms with E-state index in [0.29, 0.717) is 0 Å². The van der Waals surface area contributed by atoms with Crippen molar-refractivity contribution in [2.45, 2.75) is 32.2 Å². The second-order valence-corrected chi connectivity index (χ2v) is 6.93. The van der Waals surface area contributed by atoms with E-state index in [9.17, 15) is 0 Å². The molecule has 2 aromatic rings. The number of nitrogens with one attached hydrogen (secondary N) is 2. The molecule has 6 nitrogen and oxygen atoms in total. The fourth-order valence-electron chi connectivity index (χ4n) is 3.38. The van der Waals surface area contributed by atoms with Crippen LogP contribution in [0.3, 0.4) is 0 Å². The maximum atomic E-state index is 4.35. The molecule has 0 spiro atoms. The number of aromatic nitrogens is 2. The van der Waals surface area contributed by atoms with Gasteiger partial charge in [-0.25, -0.2) is 0 Å². The maximum Gasteiger partial charge on any atom is 0.191 e. The summed E-state index contributed by atoms with van der Waals surface area (Å²) >= 11 is 0. The summed E-state index contributed by atoms with van der Waals surface area (Å²) in [6.45, 7) is 5.34. The number of benzene rings is 1. The Kier molecular flexibility index (Phi) is 6.15. The summed E-state index contributed by atoms with van der Waals surface area (Å²) in [6.07, 6.45) is 7.47. The third kappa shape index (κ3) is 4.77. The van der Waals surface area contributed by atoms with Crippen LogP contribution in [0.5, 0.6) is 0 Å². The van der Waals surface area contributed by atoms with E-state index < -0.39 is 0 Å². The van der Waals surface area contributed by atoms with Crippen molar-refractivity contribution in [1.29, 1.82) is 0 Å². The second kappa shape index (κ2) is 8.74. The van der Waals surface area contributed by atoms with Crippen molar-refractivity contribution in [3.63, 3.8) is 0 Å². The molecule has 1 saturated heterocycles. The molecular formula is C20H30N6. The van der Waals surface area contributed by atoms with Gasteiger partial charge in [0.2, 0.25) is 0 Å². The molecule has 1 atom stereocenters. The smallest absolute Gasteiger partial charge is 0.191 e. The normalized spacial score (nSPS) is 16.0. The monoisotopic (exact) mass is 354 g/mol. The third-order valence-corrected chi connectivity index (χ3v) is 4.88. The van der Waals surface area contributed by atoms with Crippen LogP contribution >= 0.6 is 0 Å².